The second-order valence-corrected chi connectivity index (χ2v) is 3.69. The SMILES string of the molecule is C[N+](C)(C)CC(CO)C(=O)O. The first kappa shape index (κ1) is 10.4. The third-order valence-electron chi connectivity index (χ3n) is 1.34. The summed E-state index contributed by atoms with van der Waals surface area (Å²) in [5.41, 5.74) is 0. The van der Waals surface area contributed by atoms with Gasteiger partial charge >= 0.3 is 5.97 Å². The van der Waals surface area contributed by atoms with Crippen molar-refractivity contribution in [3.05, 3.63) is 0 Å². The van der Waals surface area contributed by atoms with Gasteiger partial charge in [-0.25, -0.2) is 0 Å². The molecule has 11 heavy (non-hydrogen) atoms. The zero-order chi connectivity index (χ0) is 9.07. The van der Waals surface area contributed by atoms with E-state index in [0.717, 1.165) is 0 Å². The predicted octanol–water partition coefficient (Wildman–Crippen LogP) is -0.614. The topological polar surface area (TPSA) is 57.5 Å². The Labute approximate surface area is 66.6 Å². The van der Waals surface area contributed by atoms with Crippen molar-refractivity contribution in [1.29, 1.82) is 0 Å². The minimum absolute atomic E-state index is 0.287. The number of carbonyl (C=O) groups is 1. The van der Waals surface area contributed by atoms with Crippen LogP contribution in [0.2, 0.25) is 0 Å². The lowest BCUT2D eigenvalue weighted by Gasteiger charge is -2.26. The maximum atomic E-state index is 10.4. The predicted molar refractivity (Wildman–Crippen MR) is 41.1 cm³/mol. The van der Waals surface area contributed by atoms with Crippen LogP contribution < -0.4 is 0 Å². The number of hydrogen-bond donors (Lipinski definition) is 2. The molecule has 0 aliphatic rings. The molecule has 0 aliphatic heterocycles. The van der Waals surface area contributed by atoms with Crippen molar-refractivity contribution in [1.82, 2.24) is 0 Å². The van der Waals surface area contributed by atoms with Crippen LogP contribution in [0.1, 0.15) is 0 Å². The highest BCUT2D eigenvalue weighted by atomic mass is 16.4. The van der Waals surface area contributed by atoms with Crippen LogP contribution in [0.25, 0.3) is 0 Å². The molecule has 0 aromatic heterocycles. The minimum atomic E-state index is -0.930. The largest absolute Gasteiger partial charge is 0.481 e. The molecule has 0 rings (SSSR count). The third kappa shape index (κ3) is 4.75. The Bertz CT molecular complexity index is 139. The summed E-state index contributed by atoms with van der Waals surface area (Å²) in [4.78, 5) is 10.4. The van der Waals surface area contributed by atoms with Crippen LogP contribution in [0, 0.1) is 5.92 Å². The molecule has 0 bridgehead atoms. The Hall–Kier alpha value is -0.610. The van der Waals surface area contributed by atoms with E-state index in [1.807, 2.05) is 21.1 Å². The van der Waals surface area contributed by atoms with Crippen molar-refractivity contribution in [2.24, 2.45) is 5.92 Å². The fourth-order valence-corrected chi connectivity index (χ4v) is 0.875. The van der Waals surface area contributed by atoms with Gasteiger partial charge in [-0.2, -0.15) is 0 Å². The van der Waals surface area contributed by atoms with Crippen LogP contribution in [-0.2, 0) is 4.79 Å². The molecule has 66 valence electrons. The highest BCUT2D eigenvalue weighted by molar-refractivity contribution is 5.70. The second-order valence-electron chi connectivity index (χ2n) is 3.69. The molecular weight excluding hydrogens is 146 g/mol. The van der Waals surface area contributed by atoms with E-state index >= 15 is 0 Å². The molecule has 0 aromatic carbocycles. The van der Waals surface area contributed by atoms with Gasteiger partial charge < -0.3 is 14.7 Å². The lowest BCUT2D eigenvalue weighted by molar-refractivity contribution is -0.872. The van der Waals surface area contributed by atoms with Crippen LogP contribution in [0.5, 0.6) is 0 Å². The molecule has 4 heteroatoms. The summed E-state index contributed by atoms with van der Waals surface area (Å²) < 4.78 is 0.553. The highest BCUT2D eigenvalue weighted by Crippen LogP contribution is 2.01. The van der Waals surface area contributed by atoms with E-state index in [4.69, 9.17) is 10.2 Å². The Balaban J connectivity index is 3.99. The number of rotatable bonds is 4. The molecule has 0 aliphatic carbocycles. The average Bonchev–Trinajstić information content (AvgIpc) is 1.80. The van der Waals surface area contributed by atoms with Gasteiger partial charge in [0.15, 0.2) is 0 Å². The van der Waals surface area contributed by atoms with E-state index in [2.05, 4.69) is 0 Å². The molecule has 0 spiro atoms. The smallest absolute Gasteiger partial charge is 0.314 e. The van der Waals surface area contributed by atoms with Gasteiger partial charge in [-0.05, 0) is 0 Å². The van der Waals surface area contributed by atoms with Crippen molar-refractivity contribution >= 4 is 5.97 Å². The Morgan fingerprint density at radius 2 is 1.91 bits per heavy atom. The van der Waals surface area contributed by atoms with Crippen molar-refractivity contribution in [3.63, 3.8) is 0 Å². The van der Waals surface area contributed by atoms with Crippen molar-refractivity contribution in [2.45, 2.75) is 0 Å². The van der Waals surface area contributed by atoms with Gasteiger partial charge in [-0.3, -0.25) is 4.79 Å². The van der Waals surface area contributed by atoms with Crippen molar-refractivity contribution in [2.75, 3.05) is 34.3 Å². The van der Waals surface area contributed by atoms with Gasteiger partial charge in [0.1, 0.15) is 5.92 Å². The van der Waals surface area contributed by atoms with Crippen LogP contribution in [0.15, 0.2) is 0 Å². The molecule has 0 amide bonds. The van der Waals surface area contributed by atoms with E-state index < -0.39 is 11.9 Å². The number of carboxylic acids is 1. The van der Waals surface area contributed by atoms with Crippen molar-refractivity contribution < 1.29 is 19.5 Å². The zero-order valence-electron chi connectivity index (χ0n) is 7.24. The summed E-state index contributed by atoms with van der Waals surface area (Å²) in [6, 6.07) is 0. The third-order valence-corrected chi connectivity index (χ3v) is 1.34. The summed E-state index contributed by atoms with van der Waals surface area (Å²) in [5.74, 6) is -1.57. The number of nitrogens with zero attached hydrogens (tertiary/aromatic N) is 1. The van der Waals surface area contributed by atoms with E-state index in [1.165, 1.54) is 0 Å². The monoisotopic (exact) mass is 162 g/mol. The van der Waals surface area contributed by atoms with Crippen LogP contribution in [0.3, 0.4) is 0 Å². The summed E-state index contributed by atoms with van der Waals surface area (Å²) in [6.07, 6.45) is 0. The minimum Gasteiger partial charge on any atom is -0.481 e. The van der Waals surface area contributed by atoms with Crippen LogP contribution in [-0.4, -0.2) is 55.0 Å². The maximum Gasteiger partial charge on any atom is 0.314 e. The molecular formula is C7H16NO3+. The maximum absolute atomic E-state index is 10.4. The molecule has 0 radical (unpaired) electrons. The van der Waals surface area contributed by atoms with Gasteiger partial charge in [0.05, 0.1) is 34.3 Å². The highest BCUT2D eigenvalue weighted by Gasteiger charge is 2.23. The van der Waals surface area contributed by atoms with E-state index in [1.54, 1.807) is 0 Å². The van der Waals surface area contributed by atoms with E-state index in [0.29, 0.717) is 11.0 Å². The van der Waals surface area contributed by atoms with Crippen LogP contribution >= 0.6 is 0 Å². The van der Waals surface area contributed by atoms with Crippen LogP contribution in [0.4, 0.5) is 0 Å². The standard InChI is InChI=1S/C7H15NO3/c1-8(2,3)4-6(5-9)7(10)11/h6,9H,4-5H2,1-3H3/p+1. The number of quaternary nitrogens is 1. The fourth-order valence-electron chi connectivity index (χ4n) is 0.875. The van der Waals surface area contributed by atoms with E-state index in [9.17, 15) is 4.79 Å². The van der Waals surface area contributed by atoms with Gasteiger partial charge in [0, 0.05) is 0 Å². The summed E-state index contributed by atoms with van der Waals surface area (Å²) >= 11 is 0. The Morgan fingerprint density at radius 1 is 1.45 bits per heavy atom. The number of carboxylic acid groups (broad SMARTS) is 1. The van der Waals surface area contributed by atoms with Crippen molar-refractivity contribution in [3.8, 4) is 0 Å². The fraction of sp³-hybridized carbons (Fsp3) is 0.857. The molecule has 2 N–H and O–H groups in total. The number of aliphatic hydroxyl groups excluding tert-OH is 1. The first-order valence-electron chi connectivity index (χ1n) is 3.51. The molecule has 0 saturated heterocycles. The number of aliphatic carboxylic acids is 1. The lowest BCUT2D eigenvalue weighted by atomic mass is 10.1. The summed E-state index contributed by atoms with van der Waals surface area (Å²) in [5, 5.41) is 17.2. The Morgan fingerprint density at radius 3 is 2.00 bits per heavy atom. The van der Waals surface area contributed by atoms with Gasteiger partial charge in [-0.1, -0.05) is 0 Å². The molecule has 1 atom stereocenters. The lowest BCUT2D eigenvalue weighted by Crippen LogP contribution is -2.42. The summed E-state index contributed by atoms with van der Waals surface area (Å²) in [6.45, 7) is 0.163. The normalized spacial score (nSPS) is 14.5. The van der Waals surface area contributed by atoms with Gasteiger partial charge in [0.25, 0.3) is 0 Å². The molecule has 0 fully saturated rings. The molecule has 0 aromatic rings. The quantitative estimate of drug-likeness (QED) is 0.542. The number of aliphatic hydroxyl groups is 1. The zero-order valence-corrected chi connectivity index (χ0v) is 7.24. The molecule has 4 nitrogen and oxygen atoms in total. The summed E-state index contributed by atoms with van der Waals surface area (Å²) in [7, 11) is 5.68. The molecule has 0 heterocycles. The second kappa shape index (κ2) is 3.69. The van der Waals surface area contributed by atoms with Gasteiger partial charge in [0.2, 0.25) is 0 Å². The average molecular weight is 162 g/mol. The Kier molecular flexibility index (Phi) is 3.48. The number of hydrogen-bond acceptors (Lipinski definition) is 2. The first-order chi connectivity index (χ1) is 4.87. The van der Waals surface area contributed by atoms with E-state index in [-0.39, 0.29) is 6.61 Å². The molecule has 1 unspecified atom stereocenters. The molecule has 0 saturated carbocycles. The first-order valence-corrected chi connectivity index (χ1v) is 3.51. The van der Waals surface area contributed by atoms with Gasteiger partial charge in [-0.15, -0.1) is 0 Å².